The zero-order valence-electron chi connectivity index (χ0n) is 9.95. The van der Waals surface area contributed by atoms with Crippen LogP contribution in [0.5, 0.6) is 0 Å². The second-order valence-electron chi connectivity index (χ2n) is 4.54. The minimum atomic E-state index is 0.0421. The molecule has 1 aromatic rings. The summed E-state index contributed by atoms with van der Waals surface area (Å²) in [6.45, 7) is 5.93. The van der Waals surface area contributed by atoms with Crippen LogP contribution in [0.1, 0.15) is 19.4 Å². The molecule has 1 aliphatic rings. The molecular formula is C14H17NO. The molecule has 0 heterocycles. The van der Waals surface area contributed by atoms with E-state index in [-0.39, 0.29) is 17.7 Å². The Bertz CT molecular complexity index is 448. The molecule has 1 N–H and O–H groups in total. The first-order chi connectivity index (χ1) is 7.58. The Labute approximate surface area is 96.4 Å². The normalized spacial score (nSPS) is 24.4. The summed E-state index contributed by atoms with van der Waals surface area (Å²) in [5, 5.41) is 3.40. The van der Waals surface area contributed by atoms with Crippen molar-refractivity contribution >= 4 is 11.5 Å². The predicted molar refractivity (Wildman–Crippen MR) is 66.5 cm³/mol. The molecule has 16 heavy (non-hydrogen) atoms. The van der Waals surface area contributed by atoms with Crippen LogP contribution in [0.2, 0.25) is 0 Å². The Kier molecular flexibility index (Phi) is 2.82. The number of hydrogen-bond donors (Lipinski definition) is 1. The van der Waals surface area contributed by atoms with Crippen molar-refractivity contribution in [3.05, 3.63) is 41.5 Å². The summed E-state index contributed by atoms with van der Waals surface area (Å²) < 4.78 is 0. The fraction of sp³-hybridized carbons (Fsp3) is 0.357. The van der Waals surface area contributed by atoms with Gasteiger partial charge in [0.1, 0.15) is 0 Å². The number of anilines is 1. The third-order valence-corrected chi connectivity index (χ3v) is 3.12. The quantitative estimate of drug-likeness (QED) is 0.821. The van der Waals surface area contributed by atoms with E-state index in [1.54, 1.807) is 0 Å². The van der Waals surface area contributed by atoms with Crippen LogP contribution in [0.25, 0.3) is 0 Å². The predicted octanol–water partition coefficient (Wildman–Crippen LogP) is 2.94. The maximum atomic E-state index is 11.7. The molecule has 0 unspecified atom stereocenters. The summed E-state index contributed by atoms with van der Waals surface area (Å²) in [5.41, 5.74) is 3.18. The van der Waals surface area contributed by atoms with Gasteiger partial charge in [-0.15, -0.1) is 0 Å². The topological polar surface area (TPSA) is 29.1 Å². The number of Topliss-reactive ketones (excluding diaryl/α,β-unsaturated/α-hetero) is 1. The molecule has 0 saturated carbocycles. The van der Waals surface area contributed by atoms with Crippen molar-refractivity contribution in [1.29, 1.82) is 0 Å². The second kappa shape index (κ2) is 4.12. The van der Waals surface area contributed by atoms with Crippen molar-refractivity contribution in [1.82, 2.24) is 0 Å². The first-order valence-electron chi connectivity index (χ1n) is 5.64. The van der Waals surface area contributed by atoms with Crippen LogP contribution < -0.4 is 5.32 Å². The molecule has 2 nitrogen and oxygen atoms in total. The summed E-state index contributed by atoms with van der Waals surface area (Å²) in [4.78, 5) is 11.7. The smallest absolute Gasteiger partial charge is 0.163 e. The maximum absolute atomic E-state index is 11.7. The lowest BCUT2D eigenvalue weighted by atomic mass is 10.0. The van der Waals surface area contributed by atoms with Gasteiger partial charge in [-0.2, -0.15) is 0 Å². The lowest BCUT2D eigenvalue weighted by molar-refractivity contribution is -0.117. The molecule has 2 rings (SSSR count). The molecule has 1 aliphatic carbocycles. The number of rotatable bonds is 2. The Hall–Kier alpha value is -1.57. The number of carbonyl (C=O) groups is 1. The highest BCUT2D eigenvalue weighted by Crippen LogP contribution is 2.24. The van der Waals surface area contributed by atoms with Gasteiger partial charge in [0, 0.05) is 11.6 Å². The highest BCUT2D eigenvalue weighted by Gasteiger charge is 2.29. The van der Waals surface area contributed by atoms with Crippen molar-refractivity contribution < 1.29 is 4.79 Å². The van der Waals surface area contributed by atoms with E-state index in [0.717, 1.165) is 11.3 Å². The summed E-state index contributed by atoms with van der Waals surface area (Å²) in [6.07, 6.45) is 2.02. The van der Waals surface area contributed by atoms with E-state index in [4.69, 9.17) is 0 Å². The van der Waals surface area contributed by atoms with Crippen molar-refractivity contribution in [2.24, 2.45) is 5.92 Å². The summed E-state index contributed by atoms with van der Waals surface area (Å²) in [7, 11) is 0. The molecule has 0 fully saturated rings. The molecule has 0 aromatic heterocycles. The first-order valence-corrected chi connectivity index (χ1v) is 5.64. The molecule has 84 valence electrons. The third-order valence-electron chi connectivity index (χ3n) is 3.12. The van der Waals surface area contributed by atoms with Crippen LogP contribution in [0, 0.1) is 12.8 Å². The van der Waals surface area contributed by atoms with Gasteiger partial charge in [-0.25, -0.2) is 0 Å². The van der Waals surface area contributed by atoms with E-state index in [2.05, 4.69) is 24.4 Å². The van der Waals surface area contributed by atoms with E-state index in [9.17, 15) is 4.79 Å². The molecule has 0 aliphatic heterocycles. The SMILES string of the molecule is CC1=C[C@@H](Nc2cccc(C)c2)[C@H](C)C1=O. The highest BCUT2D eigenvalue weighted by molar-refractivity contribution is 6.00. The first kappa shape index (κ1) is 10.9. The summed E-state index contributed by atoms with van der Waals surface area (Å²) in [6, 6.07) is 8.35. The standard InChI is InChI=1S/C14H17NO/c1-9-5-4-6-12(7-9)15-13-8-10(2)14(16)11(13)3/h4-8,11,13,15H,1-3H3/t11-,13+/m0/s1. The van der Waals surface area contributed by atoms with Gasteiger partial charge in [0.25, 0.3) is 0 Å². The van der Waals surface area contributed by atoms with E-state index in [1.165, 1.54) is 5.56 Å². The monoisotopic (exact) mass is 215 g/mol. The Morgan fingerprint density at radius 2 is 2.00 bits per heavy atom. The van der Waals surface area contributed by atoms with Crippen LogP contribution in [0.4, 0.5) is 5.69 Å². The third kappa shape index (κ3) is 2.01. The molecule has 2 atom stereocenters. The van der Waals surface area contributed by atoms with Crippen LogP contribution in [0.15, 0.2) is 35.9 Å². The van der Waals surface area contributed by atoms with Crippen molar-refractivity contribution in [2.45, 2.75) is 26.8 Å². The Morgan fingerprint density at radius 3 is 2.56 bits per heavy atom. The highest BCUT2D eigenvalue weighted by atomic mass is 16.1. The minimum absolute atomic E-state index is 0.0421. The van der Waals surface area contributed by atoms with Crippen molar-refractivity contribution in [3.8, 4) is 0 Å². The Morgan fingerprint density at radius 1 is 1.25 bits per heavy atom. The summed E-state index contributed by atoms with van der Waals surface area (Å²) in [5.74, 6) is 0.297. The summed E-state index contributed by atoms with van der Waals surface area (Å²) >= 11 is 0. The van der Waals surface area contributed by atoms with Gasteiger partial charge in [0.15, 0.2) is 5.78 Å². The van der Waals surface area contributed by atoms with Gasteiger partial charge in [0.05, 0.1) is 6.04 Å². The van der Waals surface area contributed by atoms with E-state index < -0.39 is 0 Å². The second-order valence-corrected chi connectivity index (χ2v) is 4.54. The molecule has 1 aromatic carbocycles. The van der Waals surface area contributed by atoms with Gasteiger partial charge in [0.2, 0.25) is 0 Å². The molecule has 0 bridgehead atoms. The average molecular weight is 215 g/mol. The largest absolute Gasteiger partial charge is 0.378 e. The van der Waals surface area contributed by atoms with Crippen LogP contribution in [-0.2, 0) is 4.79 Å². The molecule has 0 spiro atoms. The zero-order valence-corrected chi connectivity index (χ0v) is 9.95. The number of allylic oxidation sites excluding steroid dienone is 1. The molecular weight excluding hydrogens is 198 g/mol. The lowest BCUT2D eigenvalue weighted by Gasteiger charge is -2.17. The maximum Gasteiger partial charge on any atom is 0.163 e. The van der Waals surface area contributed by atoms with Crippen LogP contribution >= 0.6 is 0 Å². The van der Waals surface area contributed by atoms with Crippen LogP contribution in [0.3, 0.4) is 0 Å². The van der Waals surface area contributed by atoms with Gasteiger partial charge < -0.3 is 5.32 Å². The van der Waals surface area contributed by atoms with Gasteiger partial charge >= 0.3 is 0 Å². The average Bonchev–Trinajstić information content (AvgIpc) is 2.47. The van der Waals surface area contributed by atoms with E-state index in [0.29, 0.717) is 0 Å². The molecule has 0 radical (unpaired) electrons. The minimum Gasteiger partial charge on any atom is -0.378 e. The molecule has 0 amide bonds. The van der Waals surface area contributed by atoms with Gasteiger partial charge in [-0.05, 0) is 37.1 Å². The zero-order chi connectivity index (χ0) is 11.7. The number of hydrogen-bond acceptors (Lipinski definition) is 2. The Balaban J connectivity index is 2.15. The number of aryl methyl sites for hydroxylation is 1. The van der Waals surface area contributed by atoms with E-state index >= 15 is 0 Å². The van der Waals surface area contributed by atoms with Gasteiger partial charge in [-0.3, -0.25) is 4.79 Å². The fourth-order valence-corrected chi connectivity index (χ4v) is 2.11. The van der Waals surface area contributed by atoms with Crippen molar-refractivity contribution in [2.75, 3.05) is 5.32 Å². The van der Waals surface area contributed by atoms with Gasteiger partial charge in [-0.1, -0.05) is 25.1 Å². The van der Waals surface area contributed by atoms with E-state index in [1.807, 2.05) is 32.1 Å². The fourth-order valence-electron chi connectivity index (χ4n) is 2.11. The van der Waals surface area contributed by atoms with Crippen molar-refractivity contribution in [3.63, 3.8) is 0 Å². The molecule has 2 heteroatoms. The number of nitrogens with one attached hydrogen (secondary N) is 1. The lowest BCUT2D eigenvalue weighted by Crippen LogP contribution is -2.25. The number of carbonyl (C=O) groups excluding carboxylic acids is 1. The van der Waals surface area contributed by atoms with Crippen LogP contribution in [-0.4, -0.2) is 11.8 Å². The number of ketones is 1. The molecule has 0 saturated heterocycles. The number of benzene rings is 1.